The van der Waals surface area contributed by atoms with Gasteiger partial charge in [-0.05, 0) is 6.16 Å². The number of halogens is 1. The fourth-order valence-electron chi connectivity index (χ4n) is 0. The number of nitrogens with one attached hydrogen (secondary N) is 4. The van der Waals surface area contributed by atoms with Crippen LogP contribution in [0, 0.1) is 0 Å². The van der Waals surface area contributed by atoms with E-state index in [2.05, 4.69) is 0 Å². The van der Waals surface area contributed by atoms with Crippen LogP contribution in [0.25, 0.3) is 22.9 Å². The molecule has 0 aliphatic rings. The Balaban J connectivity index is -0.0000000270. The number of rotatable bonds is 2. The molecule has 0 rings (SSSR count). The minimum atomic E-state index is -2.33. The zero-order valence-electron chi connectivity index (χ0n) is 7.26. The van der Waals surface area contributed by atoms with E-state index in [1.807, 2.05) is 0 Å². The van der Waals surface area contributed by atoms with Gasteiger partial charge in [-0.2, -0.15) is 26.2 Å². The van der Waals surface area contributed by atoms with Crippen molar-refractivity contribution in [2.45, 2.75) is 0 Å². The predicted octanol–water partition coefficient (Wildman–Crippen LogP) is -3.26. The van der Waals surface area contributed by atoms with Gasteiger partial charge in [0.1, 0.15) is 0 Å². The molecule has 0 unspecified atom stereocenters. The molecule has 0 aliphatic heterocycles. The second kappa shape index (κ2) is 37.7. The molecule has 0 bridgehead atoms. The summed E-state index contributed by atoms with van der Waals surface area (Å²) in [6.07, 6.45) is -2.33. The third-order valence-corrected chi connectivity index (χ3v) is 0.250. The van der Waals surface area contributed by atoms with E-state index >= 15 is 0 Å². The first-order valence-electron chi connectivity index (χ1n) is 3.03. The molecule has 0 atom stereocenters. The van der Waals surface area contributed by atoms with Gasteiger partial charge < -0.3 is 61.9 Å². The van der Waals surface area contributed by atoms with Crippen molar-refractivity contribution in [3.63, 3.8) is 0 Å². The summed E-state index contributed by atoms with van der Waals surface area (Å²) in [6.45, 7) is 0.944. The SMILES string of the molecule is O=C([O-])[O-].[Co+3].[I-].[NH-]CC[NH-].[NH-]CC[NH-]. The summed E-state index contributed by atoms with van der Waals surface area (Å²) < 4.78 is 0. The fraction of sp³-hybridized carbons (Fsp3) is 0.800. The number of carboxylic acid groups (broad SMARTS) is 2. The summed E-state index contributed by atoms with van der Waals surface area (Å²) in [5.74, 6) is 0. The molecule has 14 heavy (non-hydrogen) atoms. The van der Waals surface area contributed by atoms with Crippen LogP contribution >= 0.6 is 0 Å². The molecular weight excluding hydrogens is 350 g/mol. The van der Waals surface area contributed by atoms with E-state index in [4.69, 9.17) is 37.9 Å². The minimum Gasteiger partial charge on any atom is -1.00 e. The molecule has 0 saturated carbocycles. The van der Waals surface area contributed by atoms with Gasteiger partial charge in [0.2, 0.25) is 0 Å². The fourth-order valence-corrected chi connectivity index (χ4v) is 0. The first kappa shape index (κ1) is 29.3. The Morgan fingerprint density at radius 1 is 0.857 bits per heavy atom. The van der Waals surface area contributed by atoms with Crippen LogP contribution in [0.15, 0.2) is 0 Å². The van der Waals surface area contributed by atoms with Crippen LogP contribution in [0.5, 0.6) is 0 Å². The van der Waals surface area contributed by atoms with Crippen molar-refractivity contribution in [1.29, 1.82) is 0 Å². The Kier molecular flexibility index (Phi) is 78.8. The maximum absolute atomic E-state index is 8.33. The van der Waals surface area contributed by atoms with Crippen LogP contribution in [-0.4, -0.2) is 32.3 Å². The van der Waals surface area contributed by atoms with Gasteiger partial charge in [0.15, 0.2) is 0 Å². The molecule has 9 heteroatoms. The van der Waals surface area contributed by atoms with E-state index in [1.54, 1.807) is 0 Å². The van der Waals surface area contributed by atoms with Crippen molar-refractivity contribution in [2.24, 2.45) is 0 Å². The molecule has 0 radical (unpaired) electrons. The van der Waals surface area contributed by atoms with Crippen LogP contribution in [0.2, 0.25) is 0 Å². The van der Waals surface area contributed by atoms with Crippen molar-refractivity contribution in [3.8, 4) is 0 Å². The molecule has 0 aromatic carbocycles. The third kappa shape index (κ3) is 289. The van der Waals surface area contributed by atoms with Gasteiger partial charge in [0, 0.05) is 0 Å². The van der Waals surface area contributed by atoms with Crippen molar-refractivity contribution >= 4 is 6.16 Å². The van der Waals surface area contributed by atoms with E-state index in [-0.39, 0.29) is 66.9 Å². The molecule has 4 N–H and O–H groups in total. The van der Waals surface area contributed by atoms with E-state index in [1.165, 1.54) is 0 Å². The van der Waals surface area contributed by atoms with Gasteiger partial charge >= 0.3 is 16.8 Å². The molecule has 0 aromatic heterocycles. The Hall–Kier alpha value is 0.346. The Labute approximate surface area is 111 Å². The molecule has 0 amide bonds. The Bertz CT molecular complexity index is 79.4. The van der Waals surface area contributed by atoms with Gasteiger partial charge in [0.05, 0.1) is 0 Å². The standard InChI is InChI=1S/2C2H6N2.CH2O3.Co.HI/c2*3-1-2-4;2-1(3)4;;/h2*3-4H,1-2H2;(H2,2,3,4);;1H/q2*-2;;+3;/p-3. The van der Waals surface area contributed by atoms with Crippen molar-refractivity contribution in [3.05, 3.63) is 22.9 Å². The normalized spacial score (nSPS) is 6.00. The van der Waals surface area contributed by atoms with Gasteiger partial charge in [-0.1, -0.05) is 0 Å². The molecule has 0 spiro atoms. The summed E-state index contributed by atoms with van der Waals surface area (Å²) >= 11 is 0. The maximum Gasteiger partial charge on any atom is 3.00 e. The monoisotopic (exact) mass is 362 g/mol. The average Bonchev–Trinajstić information content (AvgIpc) is 2.03. The number of hydrogen-bond donors (Lipinski definition) is 0. The summed E-state index contributed by atoms with van der Waals surface area (Å²) in [6, 6.07) is 0. The third-order valence-electron chi connectivity index (χ3n) is 0.250. The molecule has 0 aromatic rings. The summed E-state index contributed by atoms with van der Waals surface area (Å²) in [4.78, 5) is 8.33. The number of carbonyl (C=O) groups excluding carboxylic acids is 1. The summed E-state index contributed by atoms with van der Waals surface area (Å²) in [5, 5.41) is 16.7. The zero-order chi connectivity index (χ0) is 10.4. The quantitative estimate of drug-likeness (QED) is 0.473. The van der Waals surface area contributed by atoms with Crippen LogP contribution in [0.1, 0.15) is 0 Å². The predicted molar refractivity (Wildman–Crippen MR) is 42.2 cm³/mol. The molecule has 0 aliphatic carbocycles. The second-order valence-electron chi connectivity index (χ2n) is 1.25. The van der Waals surface area contributed by atoms with Gasteiger partial charge in [-0.3, -0.25) is 0 Å². The number of hydrogen-bond acceptors (Lipinski definition) is 3. The van der Waals surface area contributed by atoms with Crippen molar-refractivity contribution < 1.29 is 55.8 Å². The van der Waals surface area contributed by atoms with Crippen LogP contribution in [0.3, 0.4) is 0 Å². The topological polar surface area (TPSA) is 158 Å². The summed E-state index contributed by atoms with van der Waals surface area (Å²) in [5.41, 5.74) is 25.1. The molecular formula is C5H12CoIN4O3-4. The Morgan fingerprint density at radius 3 is 0.929 bits per heavy atom. The van der Waals surface area contributed by atoms with Crippen LogP contribution in [-0.2, 0) is 16.8 Å². The molecule has 0 heterocycles. The summed E-state index contributed by atoms with van der Waals surface area (Å²) in [7, 11) is 0. The first-order chi connectivity index (χ1) is 5.56. The van der Waals surface area contributed by atoms with Crippen molar-refractivity contribution in [1.82, 2.24) is 0 Å². The zero-order valence-corrected chi connectivity index (χ0v) is 10.5. The van der Waals surface area contributed by atoms with E-state index < -0.39 is 6.16 Å². The maximum atomic E-state index is 8.33. The minimum absolute atomic E-state index is 0. The molecule has 7 nitrogen and oxygen atoms in total. The molecule has 0 saturated heterocycles. The van der Waals surface area contributed by atoms with E-state index in [0.717, 1.165) is 0 Å². The van der Waals surface area contributed by atoms with Crippen LogP contribution < -0.4 is 34.2 Å². The average molecular weight is 362 g/mol. The number of carbonyl (C=O) groups is 1. The Morgan fingerprint density at radius 2 is 0.929 bits per heavy atom. The molecule has 90 valence electrons. The second-order valence-corrected chi connectivity index (χ2v) is 1.25. The van der Waals surface area contributed by atoms with Crippen LogP contribution in [0.4, 0.5) is 4.79 Å². The van der Waals surface area contributed by atoms with Crippen molar-refractivity contribution in [2.75, 3.05) is 26.2 Å². The van der Waals surface area contributed by atoms with E-state index in [9.17, 15) is 0 Å². The van der Waals surface area contributed by atoms with Gasteiger partial charge in [-0.15, -0.1) is 0 Å². The molecule has 0 fully saturated rings. The smallest absolute Gasteiger partial charge is 1.00 e. The first-order valence-corrected chi connectivity index (χ1v) is 3.03. The van der Waals surface area contributed by atoms with Gasteiger partial charge in [0.25, 0.3) is 0 Å². The largest absolute Gasteiger partial charge is 3.00 e. The van der Waals surface area contributed by atoms with Gasteiger partial charge in [-0.25, -0.2) is 0 Å². The van der Waals surface area contributed by atoms with E-state index in [0.29, 0.717) is 0 Å².